The monoisotopic (exact) mass is 298 g/mol. The summed E-state index contributed by atoms with van der Waals surface area (Å²) in [5.41, 5.74) is 0.931. The third kappa shape index (κ3) is 2.59. The lowest BCUT2D eigenvalue weighted by molar-refractivity contribution is -0.142. The first kappa shape index (κ1) is 13.6. The molecule has 1 atom stereocenters. The Morgan fingerprint density at radius 3 is 2.65 bits per heavy atom. The van der Waals surface area contributed by atoms with Gasteiger partial charge in [0.05, 0.1) is 23.1 Å². The number of hydrogen-bond acceptors (Lipinski definition) is 4. The average molecular weight is 298 g/mol. The van der Waals surface area contributed by atoms with Gasteiger partial charge in [-0.3, -0.25) is 4.79 Å². The Balaban J connectivity index is 1.76. The van der Waals surface area contributed by atoms with Crippen molar-refractivity contribution >= 4 is 15.8 Å². The second kappa shape index (κ2) is 4.87. The maximum absolute atomic E-state index is 11.4. The number of carboxylic acid groups (broad SMARTS) is 1. The van der Waals surface area contributed by atoms with E-state index in [0.717, 1.165) is 11.5 Å². The highest BCUT2D eigenvalue weighted by Crippen LogP contribution is 2.30. The highest BCUT2D eigenvalue weighted by molar-refractivity contribution is 7.91. The summed E-state index contributed by atoms with van der Waals surface area (Å²) in [6.07, 6.45) is 4.34. The quantitative estimate of drug-likeness (QED) is 0.873. The Bertz CT molecular complexity index is 621. The first-order chi connectivity index (χ1) is 9.44. The van der Waals surface area contributed by atoms with E-state index >= 15 is 0 Å². The molecule has 1 saturated heterocycles. The standard InChI is InChI=1S/C13H18N2O4S/c16-13(17)10-1-4-15-8-11(14-12(15)7-10)9-2-5-20(18,19)6-3-9/h8-10H,1-7H2,(H,16,17). The van der Waals surface area contributed by atoms with Crippen molar-refractivity contribution in [3.63, 3.8) is 0 Å². The van der Waals surface area contributed by atoms with E-state index < -0.39 is 15.8 Å². The molecular weight excluding hydrogens is 280 g/mol. The van der Waals surface area contributed by atoms with Crippen molar-refractivity contribution in [2.75, 3.05) is 11.5 Å². The fourth-order valence-corrected chi connectivity index (χ4v) is 4.53. The summed E-state index contributed by atoms with van der Waals surface area (Å²) < 4.78 is 24.9. The van der Waals surface area contributed by atoms with Crippen LogP contribution in [0.4, 0.5) is 0 Å². The SMILES string of the molecule is O=C(O)C1CCn2cc(C3CCS(=O)(=O)CC3)nc2C1. The molecular formula is C13H18N2O4S. The number of carbonyl (C=O) groups is 1. The third-order valence-corrected chi connectivity index (χ3v) is 6.06. The summed E-state index contributed by atoms with van der Waals surface area (Å²) in [5.74, 6) is 0.385. The average Bonchev–Trinajstić information content (AvgIpc) is 2.81. The van der Waals surface area contributed by atoms with Gasteiger partial charge < -0.3 is 9.67 Å². The van der Waals surface area contributed by atoms with Crippen LogP contribution in [0.15, 0.2) is 6.20 Å². The maximum atomic E-state index is 11.4. The molecule has 0 spiro atoms. The smallest absolute Gasteiger partial charge is 0.307 e. The third-order valence-electron chi connectivity index (χ3n) is 4.35. The summed E-state index contributed by atoms with van der Waals surface area (Å²) in [4.78, 5) is 15.6. The van der Waals surface area contributed by atoms with E-state index in [1.165, 1.54) is 0 Å². The van der Waals surface area contributed by atoms with Crippen molar-refractivity contribution < 1.29 is 18.3 Å². The van der Waals surface area contributed by atoms with Crippen molar-refractivity contribution in [1.82, 2.24) is 9.55 Å². The number of hydrogen-bond donors (Lipinski definition) is 1. The molecule has 6 nitrogen and oxygen atoms in total. The highest BCUT2D eigenvalue weighted by Gasteiger charge is 2.30. The largest absolute Gasteiger partial charge is 0.481 e. The van der Waals surface area contributed by atoms with Crippen molar-refractivity contribution in [3.05, 3.63) is 17.7 Å². The van der Waals surface area contributed by atoms with Crippen LogP contribution >= 0.6 is 0 Å². The predicted molar refractivity (Wildman–Crippen MR) is 72.3 cm³/mol. The van der Waals surface area contributed by atoms with Crippen LogP contribution in [0.2, 0.25) is 0 Å². The van der Waals surface area contributed by atoms with E-state index in [4.69, 9.17) is 5.11 Å². The summed E-state index contributed by atoms with van der Waals surface area (Å²) >= 11 is 0. The summed E-state index contributed by atoms with van der Waals surface area (Å²) in [7, 11) is -2.86. The molecule has 3 rings (SSSR count). The zero-order chi connectivity index (χ0) is 14.3. The van der Waals surface area contributed by atoms with Crippen LogP contribution in [0, 0.1) is 5.92 Å². The highest BCUT2D eigenvalue weighted by atomic mass is 32.2. The molecule has 0 radical (unpaired) electrons. The van der Waals surface area contributed by atoms with Gasteiger partial charge in [0.25, 0.3) is 0 Å². The van der Waals surface area contributed by atoms with Crippen LogP contribution < -0.4 is 0 Å². The van der Waals surface area contributed by atoms with Gasteiger partial charge in [0.1, 0.15) is 15.7 Å². The van der Waals surface area contributed by atoms with E-state index in [9.17, 15) is 13.2 Å². The van der Waals surface area contributed by atoms with Crippen LogP contribution in [-0.2, 0) is 27.6 Å². The predicted octanol–water partition coefficient (Wildman–Crippen LogP) is 0.822. The molecule has 2 aliphatic rings. The number of imidazole rings is 1. The van der Waals surface area contributed by atoms with Gasteiger partial charge >= 0.3 is 5.97 Å². The zero-order valence-corrected chi connectivity index (χ0v) is 12.0. The van der Waals surface area contributed by atoms with Crippen LogP contribution in [0.3, 0.4) is 0 Å². The summed E-state index contributed by atoms with van der Waals surface area (Å²) in [6, 6.07) is 0. The molecule has 2 aliphatic heterocycles. The van der Waals surface area contributed by atoms with Gasteiger partial charge in [0.15, 0.2) is 0 Å². The Morgan fingerprint density at radius 1 is 1.30 bits per heavy atom. The first-order valence-electron chi connectivity index (χ1n) is 6.94. The van der Waals surface area contributed by atoms with Crippen molar-refractivity contribution in [1.29, 1.82) is 0 Å². The number of aliphatic carboxylic acids is 1. The van der Waals surface area contributed by atoms with Crippen LogP contribution in [0.25, 0.3) is 0 Å². The number of carboxylic acids is 1. The number of sulfone groups is 1. The van der Waals surface area contributed by atoms with Gasteiger partial charge in [-0.25, -0.2) is 13.4 Å². The minimum Gasteiger partial charge on any atom is -0.481 e. The van der Waals surface area contributed by atoms with E-state index in [0.29, 0.717) is 32.2 Å². The molecule has 0 amide bonds. The second-order valence-electron chi connectivity index (χ2n) is 5.73. The fraction of sp³-hybridized carbons (Fsp3) is 0.692. The number of fused-ring (bicyclic) bond motifs is 1. The molecule has 0 aliphatic carbocycles. The molecule has 3 heterocycles. The van der Waals surface area contributed by atoms with Gasteiger partial charge in [-0.2, -0.15) is 0 Å². The number of aryl methyl sites for hydroxylation is 1. The molecule has 1 aromatic rings. The molecule has 1 fully saturated rings. The molecule has 1 unspecified atom stereocenters. The van der Waals surface area contributed by atoms with Gasteiger partial charge in [0, 0.05) is 25.1 Å². The van der Waals surface area contributed by atoms with E-state index in [2.05, 4.69) is 4.98 Å². The molecule has 0 saturated carbocycles. The minimum absolute atomic E-state index is 0.194. The number of rotatable bonds is 2. The zero-order valence-electron chi connectivity index (χ0n) is 11.2. The topological polar surface area (TPSA) is 89.3 Å². The number of aromatic nitrogens is 2. The van der Waals surface area contributed by atoms with Crippen LogP contribution in [0.1, 0.15) is 36.7 Å². The Labute approximate surface area is 117 Å². The molecule has 1 aromatic heterocycles. The van der Waals surface area contributed by atoms with Crippen LogP contribution in [0.5, 0.6) is 0 Å². The Morgan fingerprint density at radius 2 is 2.00 bits per heavy atom. The van der Waals surface area contributed by atoms with Gasteiger partial charge in [-0.15, -0.1) is 0 Å². The lowest BCUT2D eigenvalue weighted by Gasteiger charge is -2.19. The maximum Gasteiger partial charge on any atom is 0.307 e. The molecule has 7 heteroatoms. The van der Waals surface area contributed by atoms with Gasteiger partial charge in [-0.1, -0.05) is 0 Å². The molecule has 110 valence electrons. The molecule has 0 aromatic carbocycles. The fourth-order valence-electron chi connectivity index (χ4n) is 3.04. The normalized spacial score (nSPS) is 26.1. The Hall–Kier alpha value is -1.37. The molecule has 1 N–H and O–H groups in total. The summed E-state index contributed by atoms with van der Waals surface area (Å²) in [6.45, 7) is 0.685. The van der Waals surface area contributed by atoms with Crippen LogP contribution in [-0.4, -0.2) is 40.6 Å². The Kier molecular flexibility index (Phi) is 3.32. The number of nitrogens with zero attached hydrogens (tertiary/aromatic N) is 2. The minimum atomic E-state index is -2.86. The van der Waals surface area contributed by atoms with Gasteiger partial charge in [0.2, 0.25) is 0 Å². The van der Waals surface area contributed by atoms with Crippen molar-refractivity contribution in [3.8, 4) is 0 Å². The van der Waals surface area contributed by atoms with Crippen molar-refractivity contribution in [2.45, 2.75) is 38.1 Å². The lowest BCUT2D eigenvalue weighted by Crippen LogP contribution is -2.25. The first-order valence-corrected chi connectivity index (χ1v) is 8.76. The van der Waals surface area contributed by atoms with Gasteiger partial charge in [-0.05, 0) is 19.3 Å². The lowest BCUT2D eigenvalue weighted by atomic mass is 9.98. The van der Waals surface area contributed by atoms with Crippen molar-refractivity contribution in [2.24, 2.45) is 5.92 Å². The molecule has 20 heavy (non-hydrogen) atoms. The van der Waals surface area contributed by atoms with E-state index in [1.807, 2.05) is 10.8 Å². The second-order valence-corrected chi connectivity index (χ2v) is 8.03. The van der Waals surface area contributed by atoms with E-state index in [1.54, 1.807) is 0 Å². The molecule has 0 bridgehead atoms. The summed E-state index contributed by atoms with van der Waals surface area (Å²) in [5, 5.41) is 9.07. The van der Waals surface area contributed by atoms with E-state index in [-0.39, 0.29) is 23.3 Å².